The maximum Gasteiger partial charge on any atom is 0.243 e. The fraction of sp³-hybridized carbons (Fsp3) is 0.550. The first-order valence-electron chi connectivity index (χ1n) is 10.2. The van der Waals surface area contributed by atoms with E-state index in [0.717, 1.165) is 30.9 Å². The summed E-state index contributed by atoms with van der Waals surface area (Å²) in [4.78, 5) is 4.88. The Bertz CT molecular complexity index is 927. The number of aliphatic imine (C=N–C) groups is 1. The van der Waals surface area contributed by atoms with E-state index in [-0.39, 0.29) is 34.9 Å². The molecule has 1 heterocycles. The number of hydrogen-bond acceptors (Lipinski definition) is 5. The van der Waals surface area contributed by atoms with Crippen molar-refractivity contribution in [3.05, 3.63) is 42.0 Å². The van der Waals surface area contributed by atoms with Crippen LogP contribution in [0.5, 0.6) is 0 Å². The van der Waals surface area contributed by atoms with Crippen molar-refractivity contribution < 1.29 is 8.42 Å². The monoisotopic (exact) mass is 563 g/mol. The maximum absolute atomic E-state index is 12.6. The SMILES string of the molecule is CCNC(=NCc1ccc(S(=O)(=O)N(C)C(C)C)cc1)NCCn1cnnc1CC.I. The lowest BCUT2D eigenvalue weighted by molar-refractivity contribution is 0.410. The number of sulfonamides is 1. The van der Waals surface area contributed by atoms with Crippen LogP contribution in [-0.2, 0) is 29.5 Å². The summed E-state index contributed by atoms with van der Waals surface area (Å²) in [6, 6.07) is 6.78. The molecule has 2 aromatic rings. The highest BCUT2D eigenvalue weighted by atomic mass is 127. The fourth-order valence-corrected chi connectivity index (χ4v) is 4.12. The van der Waals surface area contributed by atoms with Crippen molar-refractivity contribution in [3.8, 4) is 0 Å². The summed E-state index contributed by atoms with van der Waals surface area (Å²) in [7, 11) is -1.88. The first-order chi connectivity index (χ1) is 14.3. The molecule has 0 bridgehead atoms. The van der Waals surface area contributed by atoms with E-state index < -0.39 is 10.0 Å². The van der Waals surface area contributed by atoms with E-state index in [9.17, 15) is 8.42 Å². The number of halogens is 1. The van der Waals surface area contributed by atoms with E-state index in [2.05, 4.69) is 32.7 Å². The molecule has 0 saturated heterocycles. The molecule has 0 saturated carbocycles. The number of aryl methyl sites for hydroxylation is 1. The van der Waals surface area contributed by atoms with Gasteiger partial charge in [0.2, 0.25) is 10.0 Å². The van der Waals surface area contributed by atoms with Gasteiger partial charge in [-0.05, 0) is 38.5 Å². The van der Waals surface area contributed by atoms with Crippen LogP contribution >= 0.6 is 24.0 Å². The molecule has 0 amide bonds. The molecule has 1 aromatic heterocycles. The second kappa shape index (κ2) is 13.0. The van der Waals surface area contributed by atoms with Crippen LogP contribution in [0.2, 0.25) is 0 Å². The Labute approximate surface area is 202 Å². The minimum atomic E-state index is -3.47. The van der Waals surface area contributed by atoms with Crippen LogP contribution < -0.4 is 10.6 Å². The predicted octanol–water partition coefficient (Wildman–Crippen LogP) is 2.24. The number of hydrogen-bond donors (Lipinski definition) is 2. The molecule has 2 N–H and O–H groups in total. The Balaban J connectivity index is 0.00000480. The predicted molar refractivity (Wildman–Crippen MR) is 134 cm³/mol. The molecule has 31 heavy (non-hydrogen) atoms. The van der Waals surface area contributed by atoms with Gasteiger partial charge in [-0.3, -0.25) is 0 Å². The van der Waals surface area contributed by atoms with Gasteiger partial charge in [-0.1, -0.05) is 19.1 Å². The van der Waals surface area contributed by atoms with Crippen LogP contribution in [0.1, 0.15) is 39.1 Å². The number of nitrogens with zero attached hydrogens (tertiary/aromatic N) is 5. The second-order valence-corrected chi connectivity index (χ2v) is 9.17. The fourth-order valence-electron chi connectivity index (χ4n) is 2.76. The summed E-state index contributed by atoms with van der Waals surface area (Å²) in [6.45, 7) is 10.4. The quantitative estimate of drug-likeness (QED) is 0.261. The van der Waals surface area contributed by atoms with Crippen LogP contribution in [0.3, 0.4) is 0 Å². The molecular formula is C20H34IN7O2S. The van der Waals surface area contributed by atoms with Gasteiger partial charge >= 0.3 is 0 Å². The topological polar surface area (TPSA) is 105 Å². The molecule has 0 radical (unpaired) electrons. The minimum absolute atomic E-state index is 0. The van der Waals surface area contributed by atoms with E-state index in [1.165, 1.54) is 4.31 Å². The molecule has 0 fully saturated rings. The third-order valence-electron chi connectivity index (χ3n) is 4.75. The lowest BCUT2D eigenvalue weighted by Gasteiger charge is -2.21. The average molecular weight is 564 g/mol. The molecule has 1 aromatic carbocycles. The molecule has 9 nitrogen and oxygen atoms in total. The first kappa shape index (κ1) is 27.3. The van der Waals surface area contributed by atoms with Crippen LogP contribution in [-0.4, -0.2) is 59.6 Å². The van der Waals surface area contributed by atoms with Crippen LogP contribution in [0.4, 0.5) is 0 Å². The van der Waals surface area contributed by atoms with Crippen molar-refractivity contribution >= 4 is 40.0 Å². The summed E-state index contributed by atoms with van der Waals surface area (Å²) in [6.07, 6.45) is 2.57. The van der Waals surface area contributed by atoms with Crippen LogP contribution in [0, 0.1) is 0 Å². The molecule has 174 valence electrons. The molecular weight excluding hydrogens is 529 g/mol. The van der Waals surface area contributed by atoms with Crippen molar-refractivity contribution in [2.24, 2.45) is 4.99 Å². The number of nitrogens with one attached hydrogen (secondary N) is 2. The van der Waals surface area contributed by atoms with Gasteiger partial charge in [0.1, 0.15) is 12.2 Å². The third-order valence-corrected chi connectivity index (χ3v) is 6.80. The highest BCUT2D eigenvalue weighted by Gasteiger charge is 2.22. The van der Waals surface area contributed by atoms with Crippen LogP contribution in [0.25, 0.3) is 0 Å². The van der Waals surface area contributed by atoms with E-state index in [0.29, 0.717) is 19.0 Å². The normalized spacial score (nSPS) is 12.2. The van der Waals surface area contributed by atoms with Gasteiger partial charge in [0, 0.05) is 39.1 Å². The summed E-state index contributed by atoms with van der Waals surface area (Å²) < 4.78 is 28.5. The van der Waals surface area contributed by atoms with Gasteiger partial charge < -0.3 is 15.2 Å². The van der Waals surface area contributed by atoms with Gasteiger partial charge in [-0.25, -0.2) is 13.4 Å². The van der Waals surface area contributed by atoms with E-state index in [1.54, 1.807) is 37.6 Å². The van der Waals surface area contributed by atoms with Crippen LogP contribution in [0.15, 0.2) is 40.5 Å². The summed E-state index contributed by atoms with van der Waals surface area (Å²) in [5.41, 5.74) is 0.936. The Kier molecular flexibility index (Phi) is 11.4. The number of guanidine groups is 1. The highest BCUT2D eigenvalue weighted by molar-refractivity contribution is 14.0. The van der Waals surface area contributed by atoms with E-state index >= 15 is 0 Å². The summed E-state index contributed by atoms with van der Waals surface area (Å²) in [5, 5.41) is 14.5. The second-order valence-electron chi connectivity index (χ2n) is 7.18. The number of rotatable bonds is 10. The number of benzene rings is 1. The number of aromatic nitrogens is 3. The summed E-state index contributed by atoms with van der Waals surface area (Å²) in [5.74, 6) is 1.66. The lowest BCUT2D eigenvalue weighted by Crippen LogP contribution is -2.38. The zero-order valence-electron chi connectivity index (χ0n) is 18.9. The van der Waals surface area contributed by atoms with Crippen molar-refractivity contribution in [2.75, 3.05) is 20.1 Å². The van der Waals surface area contributed by atoms with E-state index in [1.807, 2.05) is 25.3 Å². The largest absolute Gasteiger partial charge is 0.357 e. The average Bonchev–Trinajstić information content (AvgIpc) is 3.19. The molecule has 2 rings (SSSR count). The zero-order valence-corrected chi connectivity index (χ0v) is 22.0. The van der Waals surface area contributed by atoms with E-state index in [4.69, 9.17) is 0 Å². The molecule has 0 spiro atoms. The molecule has 0 atom stereocenters. The zero-order chi connectivity index (χ0) is 22.1. The van der Waals surface area contributed by atoms with Gasteiger partial charge in [-0.2, -0.15) is 4.31 Å². The van der Waals surface area contributed by atoms with Crippen molar-refractivity contribution in [3.63, 3.8) is 0 Å². The molecule has 0 aliphatic carbocycles. The van der Waals surface area contributed by atoms with Gasteiger partial charge in [0.15, 0.2) is 5.96 Å². The maximum atomic E-state index is 12.6. The van der Waals surface area contributed by atoms with Gasteiger partial charge in [0.25, 0.3) is 0 Å². The Hall–Kier alpha value is -1.73. The minimum Gasteiger partial charge on any atom is -0.357 e. The molecule has 0 unspecified atom stereocenters. The smallest absolute Gasteiger partial charge is 0.243 e. The summed E-state index contributed by atoms with van der Waals surface area (Å²) >= 11 is 0. The first-order valence-corrected chi connectivity index (χ1v) is 11.7. The lowest BCUT2D eigenvalue weighted by atomic mass is 10.2. The van der Waals surface area contributed by atoms with Crippen molar-refractivity contribution in [1.82, 2.24) is 29.7 Å². The third kappa shape index (κ3) is 7.72. The standard InChI is InChI=1S/C20H33N7O2S.HI/c1-6-19-25-24-15-27(19)13-12-22-20(21-7-2)23-14-17-8-10-18(11-9-17)30(28,29)26(5)16(3)4;/h8-11,15-16H,6-7,12-14H2,1-5H3,(H2,21,22,23);1H. The highest BCUT2D eigenvalue weighted by Crippen LogP contribution is 2.17. The van der Waals surface area contributed by atoms with Gasteiger partial charge in [-0.15, -0.1) is 34.2 Å². The molecule has 0 aliphatic heterocycles. The van der Waals surface area contributed by atoms with Crippen molar-refractivity contribution in [2.45, 2.75) is 58.1 Å². The Morgan fingerprint density at radius 3 is 2.45 bits per heavy atom. The Morgan fingerprint density at radius 2 is 1.87 bits per heavy atom. The van der Waals surface area contributed by atoms with Gasteiger partial charge in [0.05, 0.1) is 11.4 Å². The Morgan fingerprint density at radius 1 is 1.19 bits per heavy atom. The van der Waals surface area contributed by atoms with Crippen molar-refractivity contribution in [1.29, 1.82) is 0 Å². The molecule has 0 aliphatic rings. The molecule has 11 heteroatoms.